The van der Waals surface area contributed by atoms with Crippen LogP contribution in [-0.4, -0.2) is 18.0 Å². The number of nitrogens with one attached hydrogen (secondary N) is 1. The average molecular weight is 273 g/mol. The van der Waals surface area contributed by atoms with Crippen LogP contribution >= 0.6 is 0 Å². The molecule has 2 N–H and O–H groups in total. The van der Waals surface area contributed by atoms with Gasteiger partial charge in [-0.25, -0.2) is 0 Å². The molecule has 0 aliphatic heterocycles. The van der Waals surface area contributed by atoms with Crippen molar-refractivity contribution in [2.45, 2.75) is 4.90 Å². The van der Waals surface area contributed by atoms with E-state index in [9.17, 15) is 13.0 Å². The van der Waals surface area contributed by atoms with Gasteiger partial charge in [0.25, 0.3) is 10.1 Å². The van der Waals surface area contributed by atoms with Gasteiger partial charge >= 0.3 is 0 Å². The second-order valence-electron chi connectivity index (χ2n) is 4.22. The molecule has 0 saturated carbocycles. The summed E-state index contributed by atoms with van der Waals surface area (Å²) in [5.74, 6) is 0. The molecule has 0 aliphatic rings. The van der Waals surface area contributed by atoms with Gasteiger partial charge in [-0.2, -0.15) is 8.42 Å². The second-order valence-corrected chi connectivity index (χ2v) is 5.57. The zero-order valence-electron chi connectivity index (χ0n) is 9.87. The lowest BCUT2D eigenvalue weighted by Crippen LogP contribution is -1.99. The predicted octanol–water partition coefficient (Wildman–Crippen LogP) is 3.08. The maximum Gasteiger partial charge on any atom is 0.297 e. The Morgan fingerprint density at radius 3 is 2.21 bits per heavy atom. The van der Waals surface area contributed by atoms with Crippen molar-refractivity contribution in [3.05, 3.63) is 54.6 Å². The normalized spacial score (nSPS) is 11.8. The summed E-state index contributed by atoms with van der Waals surface area (Å²) in [6, 6.07) is 16.0. The molecule has 0 unspecified atom stereocenters. The largest absolute Gasteiger partial charge is 0.353 e. The first-order chi connectivity index (χ1) is 9.07. The van der Waals surface area contributed by atoms with Crippen LogP contribution in [0, 0.1) is 0 Å². The maximum atomic E-state index is 11.6. The number of hydrogen-bond acceptors (Lipinski definition) is 2. The van der Waals surface area contributed by atoms with E-state index < -0.39 is 10.1 Å². The number of hydrogen-bond donors (Lipinski definition) is 2. The summed E-state index contributed by atoms with van der Waals surface area (Å²) in [4.78, 5) is 2.97. The molecule has 1 heterocycles. The first-order valence-corrected chi connectivity index (χ1v) is 7.15. The third kappa shape index (κ3) is 2.03. The Morgan fingerprint density at radius 2 is 1.53 bits per heavy atom. The molecule has 0 amide bonds. The fraction of sp³-hybridized carbons (Fsp3) is 0. The molecular weight excluding hydrogens is 262 g/mol. The van der Waals surface area contributed by atoms with Crippen LogP contribution in [0.5, 0.6) is 0 Å². The van der Waals surface area contributed by atoms with Crippen molar-refractivity contribution in [2.75, 3.05) is 0 Å². The molecule has 5 heteroatoms. The van der Waals surface area contributed by atoms with Gasteiger partial charge in [-0.1, -0.05) is 48.5 Å². The van der Waals surface area contributed by atoms with Crippen LogP contribution in [0.3, 0.4) is 0 Å². The highest BCUT2D eigenvalue weighted by molar-refractivity contribution is 7.86. The van der Waals surface area contributed by atoms with Gasteiger partial charge in [0.15, 0.2) is 0 Å². The first-order valence-electron chi connectivity index (χ1n) is 5.71. The number of H-pyrrole nitrogens is 1. The number of fused-ring (bicyclic) bond motifs is 1. The standard InChI is InChI=1S/C14H11NO3S/c16-19(17,18)14-11-8-4-5-9-12(11)15-13(14)10-6-2-1-3-7-10/h1-9,15H,(H,16,17,18). The predicted molar refractivity (Wildman–Crippen MR) is 73.5 cm³/mol. The fourth-order valence-corrected chi connectivity index (χ4v) is 3.07. The van der Waals surface area contributed by atoms with E-state index in [0.717, 1.165) is 0 Å². The molecule has 19 heavy (non-hydrogen) atoms. The lowest BCUT2D eigenvalue weighted by atomic mass is 10.1. The number of aromatic amines is 1. The van der Waals surface area contributed by atoms with Crippen LogP contribution in [0.4, 0.5) is 0 Å². The van der Waals surface area contributed by atoms with Crippen molar-refractivity contribution >= 4 is 21.0 Å². The molecule has 0 atom stereocenters. The summed E-state index contributed by atoms with van der Waals surface area (Å²) in [5.41, 5.74) is 1.80. The lowest BCUT2D eigenvalue weighted by Gasteiger charge is -2.01. The second kappa shape index (κ2) is 4.22. The molecule has 3 aromatic rings. The van der Waals surface area contributed by atoms with Crippen molar-refractivity contribution in [1.82, 2.24) is 4.98 Å². The molecule has 0 aliphatic carbocycles. The van der Waals surface area contributed by atoms with Gasteiger partial charge in [0, 0.05) is 10.9 Å². The molecule has 4 nitrogen and oxygen atoms in total. The van der Waals surface area contributed by atoms with E-state index >= 15 is 0 Å². The molecule has 1 aromatic heterocycles. The minimum atomic E-state index is -4.30. The molecule has 3 rings (SSSR count). The monoisotopic (exact) mass is 273 g/mol. The highest BCUT2D eigenvalue weighted by atomic mass is 32.2. The number of para-hydroxylation sites is 1. The van der Waals surface area contributed by atoms with Gasteiger partial charge in [0.2, 0.25) is 0 Å². The quantitative estimate of drug-likeness (QED) is 0.705. The summed E-state index contributed by atoms with van der Waals surface area (Å²) >= 11 is 0. The number of benzene rings is 2. The molecule has 0 bridgehead atoms. The molecule has 96 valence electrons. The first kappa shape index (κ1) is 12.0. The molecule has 2 aromatic carbocycles. The summed E-state index contributed by atoms with van der Waals surface area (Å²) < 4.78 is 32.7. The van der Waals surface area contributed by atoms with Gasteiger partial charge < -0.3 is 4.98 Å². The average Bonchev–Trinajstić information content (AvgIpc) is 2.79. The third-order valence-electron chi connectivity index (χ3n) is 2.98. The molecule has 0 saturated heterocycles. The van der Waals surface area contributed by atoms with Crippen molar-refractivity contribution in [3.8, 4) is 11.3 Å². The Balaban J connectivity index is 2.43. The fourth-order valence-electron chi connectivity index (χ4n) is 2.19. The van der Waals surface area contributed by atoms with Crippen molar-refractivity contribution in [3.63, 3.8) is 0 Å². The summed E-state index contributed by atoms with van der Waals surface area (Å²) in [6.07, 6.45) is 0. The topological polar surface area (TPSA) is 70.2 Å². The Bertz CT molecular complexity index is 836. The van der Waals surface area contributed by atoms with Crippen LogP contribution in [0.1, 0.15) is 0 Å². The highest BCUT2D eigenvalue weighted by Crippen LogP contribution is 2.33. The van der Waals surface area contributed by atoms with E-state index in [1.807, 2.05) is 18.2 Å². The van der Waals surface area contributed by atoms with Gasteiger partial charge in [0.05, 0.1) is 5.69 Å². The minimum absolute atomic E-state index is 0.0747. The zero-order chi connectivity index (χ0) is 13.5. The van der Waals surface area contributed by atoms with Crippen LogP contribution in [-0.2, 0) is 10.1 Å². The number of aromatic nitrogens is 1. The van der Waals surface area contributed by atoms with E-state index in [2.05, 4.69) is 4.98 Å². The van der Waals surface area contributed by atoms with E-state index in [0.29, 0.717) is 22.2 Å². The smallest absolute Gasteiger partial charge is 0.297 e. The lowest BCUT2D eigenvalue weighted by molar-refractivity contribution is 0.484. The Morgan fingerprint density at radius 1 is 0.895 bits per heavy atom. The van der Waals surface area contributed by atoms with E-state index in [1.165, 1.54) is 0 Å². The van der Waals surface area contributed by atoms with E-state index in [-0.39, 0.29) is 4.90 Å². The summed E-state index contributed by atoms with van der Waals surface area (Å²) in [6.45, 7) is 0. The van der Waals surface area contributed by atoms with Gasteiger partial charge in [-0.3, -0.25) is 4.55 Å². The SMILES string of the molecule is O=S(=O)(O)c1c(-c2ccccc2)[nH]c2ccccc12. The molecule has 0 radical (unpaired) electrons. The van der Waals surface area contributed by atoms with E-state index in [4.69, 9.17) is 0 Å². The van der Waals surface area contributed by atoms with Crippen molar-refractivity contribution in [1.29, 1.82) is 0 Å². The Kier molecular flexibility index (Phi) is 2.66. The van der Waals surface area contributed by atoms with Crippen molar-refractivity contribution in [2.24, 2.45) is 0 Å². The van der Waals surface area contributed by atoms with Gasteiger partial charge in [-0.05, 0) is 11.6 Å². The van der Waals surface area contributed by atoms with Crippen LogP contribution in [0.2, 0.25) is 0 Å². The summed E-state index contributed by atoms with van der Waals surface area (Å²) in [5, 5.41) is 0.490. The van der Waals surface area contributed by atoms with Crippen molar-refractivity contribution < 1.29 is 13.0 Å². The maximum absolute atomic E-state index is 11.6. The van der Waals surface area contributed by atoms with Gasteiger partial charge in [0.1, 0.15) is 4.90 Å². The minimum Gasteiger partial charge on any atom is -0.353 e. The Labute approximate surface area is 110 Å². The van der Waals surface area contributed by atoms with Crippen LogP contribution < -0.4 is 0 Å². The summed E-state index contributed by atoms with van der Waals surface area (Å²) in [7, 11) is -4.30. The van der Waals surface area contributed by atoms with E-state index in [1.54, 1.807) is 36.4 Å². The van der Waals surface area contributed by atoms with Crippen LogP contribution in [0.15, 0.2) is 59.5 Å². The highest BCUT2D eigenvalue weighted by Gasteiger charge is 2.22. The molecule has 0 spiro atoms. The Hall–Kier alpha value is -2.11. The van der Waals surface area contributed by atoms with Crippen LogP contribution in [0.25, 0.3) is 22.2 Å². The zero-order valence-corrected chi connectivity index (χ0v) is 10.7. The third-order valence-corrected chi connectivity index (χ3v) is 3.92. The van der Waals surface area contributed by atoms with Gasteiger partial charge in [-0.15, -0.1) is 0 Å². The molecular formula is C14H11NO3S. The number of rotatable bonds is 2. The molecule has 0 fully saturated rings.